The summed E-state index contributed by atoms with van der Waals surface area (Å²) in [6.45, 7) is 21.7. The van der Waals surface area contributed by atoms with Crippen LogP contribution in [0.25, 0.3) is 91.9 Å². The first kappa shape index (κ1) is 39.4. The molecule has 15 rings (SSSR count). The van der Waals surface area contributed by atoms with Crippen LogP contribution < -0.4 is 15.7 Å². The van der Waals surface area contributed by atoms with Gasteiger partial charge >= 0.3 is 6.85 Å². The maximum absolute atomic E-state index is 6.77. The monoisotopic (exact) mass is 896 g/mol. The van der Waals surface area contributed by atoms with E-state index in [0.717, 1.165) is 21.9 Å². The van der Waals surface area contributed by atoms with Crippen LogP contribution in [0.4, 0.5) is 11.4 Å². The van der Waals surface area contributed by atoms with Gasteiger partial charge in [-0.1, -0.05) is 135 Å². The molecule has 0 unspecified atom stereocenters. The average Bonchev–Trinajstić information content (AvgIpc) is 4.03. The Labute approximate surface area is 402 Å². The summed E-state index contributed by atoms with van der Waals surface area (Å²) in [5, 5.41) is 7.55. The number of hydrogen-bond donors (Lipinski definition) is 0. The number of benzene rings is 8. The lowest BCUT2D eigenvalue weighted by molar-refractivity contribution is 0.331. The molecule has 0 saturated heterocycles. The summed E-state index contributed by atoms with van der Waals surface area (Å²) in [5.74, 6) is 0. The highest BCUT2D eigenvalue weighted by atomic mass is 32.1. The van der Waals surface area contributed by atoms with Crippen LogP contribution in [0, 0.1) is 0 Å². The summed E-state index contributed by atoms with van der Waals surface area (Å²) < 4.78 is 12.0. The van der Waals surface area contributed by atoms with Crippen molar-refractivity contribution in [3.63, 3.8) is 0 Å². The van der Waals surface area contributed by atoms with Gasteiger partial charge in [0, 0.05) is 75.8 Å². The quantitative estimate of drug-likeness (QED) is 0.153. The fraction of sp³-hybridized carbons (Fsp3) is 0.238. The zero-order chi connectivity index (χ0) is 46.1. The SMILES string of the molecule is CC(C)(C)c1ccc(N2B3c4cc5c(cc4-n4c6cc7c(cc6c6ccc(c3c64)-c3cc4c(cc32)-c2cc3c(cc2C4(C)C)C(C)(C)CCC3(C)C)sc2ccccc27)oc2ccccc25)cc1. The Morgan fingerprint density at radius 3 is 2.00 bits per heavy atom. The number of fused-ring (bicyclic) bond motifs is 18. The Hall–Kier alpha value is -6.56. The average molecular weight is 897 g/mol. The molecule has 330 valence electrons. The third-order valence-electron chi connectivity index (χ3n) is 17.4. The maximum Gasteiger partial charge on any atom is 0.333 e. The van der Waals surface area contributed by atoms with Crippen LogP contribution in [0.3, 0.4) is 0 Å². The Morgan fingerprint density at radius 2 is 1.22 bits per heavy atom. The molecule has 0 bridgehead atoms. The fourth-order valence-corrected chi connectivity index (χ4v) is 14.6. The van der Waals surface area contributed by atoms with Gasteiger partial charge < -0.3 is 13.8 Å². The first-order chi connectivity index (χ1) is 32.6. The first-order valence-corrected chi connectivity index (χ1v) is 25.5. The summed E-state index contributed by atoms with van der Waals surface area (Å²) in [6.07, 6.45) is 2.40. The van der Waals surface area contributed by atoms with Crippen molar-refractivity contribution in [3.8, 4) is 27.9 Å². The highest BCUT2D eigenvalue weighted by Crippen LogP contribution is 2.58. The summed E-state index contributed by atoms with van der Waals surface area (Å²) in [7, 11) is 0. The number of anilines is 2. The van der Waals surface area contributed by atoms with E-state index in [9.17, 15) is 0 Å². The molecule has 0 saturated carbocycles. The lowest BCUT2D eigenvalue weighted by Crippen LogP contribution is -2.60. The van der Waals surface area contributed by atoms with Gasteiger partial charge in [0.15, 0.2) is 0 Å². The van der Waals surface area contributed by atoms with Gasteiger partial charge in [-0.15, -0.1) is 11.3 Å². The molecular weight excluding hydrogens is 844 g/mol. The van der Waals surface area contributed by atoms with E-state index in [-0.39, 0.29) is 28.5 Å². The lowest BCUT2D eigenvalue weighted by Gasteiger charge is -2.42. The van der Waals surface area contributed by atoms with Crippen molar-refractivity contribution in [3.05, 3.63) is 161 Å². The number of thiophene rings is 1. The topological polar surface area (TPSA) is 21.3 Å². The molecule has 5 heterocycles. The van der Waals surface area contributed by atoms with Gasteiger partial charge in [0.1, 0.15) is 11.2 Å². The van der Waals surface area contributed by atoms with Crippen molar-refractivity contribution < 1.29 is 4.42 Å². The number of hydrogen-bond acceptors (Lipinski definition) is 3. The third-order valence-corrected chi connectivity index (χ3v) is 18.5. The Morgan fingerprint density at radius 1 is 0.529 bits per heavy atom. The molecule has 2 aliphatic heterocycles. The van der Waals surface area contributed by atoms with Crippen LogP contribution in [0.5, 0.6) is 0 Å². The molecule has 8 aromatic carbocycles. The summed E-state index contributed by atoms with van der Waals surface area (Å²) in [4.78, 5) is 2.72. The van der Waals surface area contributed by atoms with Crippen molar-refractivity contribution in [2.45, 2.75) is 96.8 Å². The second-order valence-corrected chi connectivity index (χ2v) is 24.6. The smallest absolute Gasteiger partial charge is 0.333 e. The summed E-state index contributed by atoms with van der Waals surface area (Å²) in [5.41, 5.74) is 23.5. The largest absolute Gasteiger partial charge is 0.456 e. The predicted octanol–water partition coefficient (Wildman–Crippen LogP) is 16.2. The Kier molecular flexibility index (Phi) is 7.28. The normalized spacial score (nSPS) is 17.1. The van der Waals surface area contributed by atoms with Gasteiger partial charge in [-0.2, -0.15) is 0 Å². The number of aromatic nitrogens is 1. The van der Waals surface area contributed by atoms with Crippen LogP contribution in [0.15, 0.2) is 138 Å². The molecule has 2 aliphatic carbocycles. The molecule has 3 aromatic heterocycles. The van der Waals surface area contributed by atoms with Gasteiger partial charge in [-0.25, -0.2) is 0 Å². The van der Waals surface area contributed by atoms with Gasteiger partial charge in [0.05, 0.1) is 11.0 Å². The fourth-order valence-electron chi connectivity index (χ4n) is 13.5. The number of para-hydroxylation sites is 1. The van der Waals surface area contributed by atoms with E-state index in [1.165, 1.54) is 133 Å². The van der Waals surface area contributed by atoms with Crippen molar-refractivity contribution in [1.29, 1.82) is 0 Å². The molecule has 68 heavy (non-hydrogen) atoms. The molecule has 0 amide bonds. The van der Waals surface area contributed by atoms with Crippen LogP contribution >= 0.6 is 11.3 Å². The molecule has 0 fully saturated rings. The standard InChI is InChI=1S/C63H53BN2OS/c1-60(2,3)34-18-20-35(21-19-34)66-52-29-41-40-26-48-49(62(6,7)25-24-61(48,4)5)32-47(40)63(8,9)46(41)27-42(52)38-22-23-39-43-31-57-45(37-15-11-13-17-56(37)68-57)30-51(43)65-53-33-55-44(36-14-10-12-16-54(36)67-55)28-50(53)64(66)58(38)59(39)65/h10-23,26-33H,24-25H2,1-9H3. The van der Waals surface area contributed by atoms with E-state index in [0.29, 0.717) is 0 Å². The first-order valence-electron chi connectivity index (χ1n) is 24.7. The van der Waals surface area contributed by atoms with Crippen LogP contribution in [-0.4, -0.2) is 11.4 Å². The predicted molar refractivity (Wildman–Crippen MR) is 292 cm³/mol. The van der Waals surface area contributed by atoms with E-state index in [2.05, 4.69) is 205 Å². The highest BCUT2D eigenvalue weighted by Gasteiger charge is 2.48. The van der Waals surface area contributed by atoms with Crippen molar-refractivity contribution >= 4 is 104 Å². The molecule has 11 aromatic rings. The maximum atomic E-state index is 6.77. The van der Waals surface area contributed by atoms with Gasteiger partial charge in [0.2, 0.25) is 0 Å². The molecule has 3 nitrogen and oxygen atoms in total. The minimum absolute atomic E-state index is 0.0279. The zero-order valence-corrected chi connectivity index (χ0v) is 41.2. The third kappa shape index (κ3) is 4.91. The second kappa shape index (κ2) is 12.6. The van der Waals surface area contributed by atoms with E-state index < -0.39 is 0 Å². The molecule has 0 atom stereocenters. The van der Waals surface area contributed by atoms with Gasteiger partial charge in [-0.05, 0) is 139 Å². The number of rotatable bonds is 1. The van der Waals surface area contributed by atoms with E-state index in [1.807, 2.05) is 11.3 Å². The van der Waals surface area contributed by atoms with E-state index in [4.69, 9.17) is 4.42 Å². The number of furan rings is 1. The van der Waals surface area contributed by atoms with Gasteiger partial charge in [-0.3, -0.25) is 0 Å². The lowest BCUT2D eigenvalue weighted by atomic mass is 9.44. The Bertz CT molecular complexity index is 4110. The van der Waals surface area contributed by atoms with Crippen molar-refractivity contribution in [2.24, 2.45) is 0 Å². The van der Waals surface area contributed by atoms with Crippen molar-refractivity contribution in [1.82, 2.24) is 4.57 Å². The second-order valence-electron chi connectivity index (χ2n) is 23.5. The molecule has 0 radical (unpaired) electrons. The highest BCUT2D eigenvalue weighted by molar-refractivity contribution is 7.25. The molecular formula is C63H53BN2OS. The van der Waals surface area contributed by atoms with E-state index in [1.54, 1.807) is 0 Å². The van der Waals surface area contributed by atoms with Crippen molar-refractivity contribution in [2.75, 3.05) is 4.81 Å². The van der Waals surface area contributed by atoms with E-state index >= 15 is 0 Å². The summed E-state index contributed by atoms with van der Waals surface area (Å²) >= 11 is 1.90. The molecule has 4 aliphatic rings. The Balaban J connectivity index is 1.09. The minimum atomic E-state index is -0.173. The molecule has 5 heteroatoms. The summed E-state index contributed by atoms with van der Waals surface area (Å²) in [6, 6.07) is 52.2. The van der Waals surface area contributed by atoms with Crippen LogP contribution in [0.1, 0.15) is 103 Å². The molecule has 0 spiro atoms. The zero-order valence-electron chi connectivity index (χ0n) is 40.4. The number of nitrogens with zero attached hydrogens (tertiary/aromatic N) is 2. The minimum Gasteiger partial charge on any atom is -0.456 e. The molecule has 0 N–H and O–H groups in total. The van der Waals surface area contributed by atoms with Crippen LogP contribution in [-0.2, 0) is 21.7 Å². The van der Waals surface area contributed by atoms with Gasteiger partial charge in [0.25, 0.3) is 0 Å². The van der Waals surface area contributed by atoms with Crippen LogP contribution in [0.2, 0.25) is 0 Å².